The third-order valence-corrected chi connectivity index (χ3v) is 3.68. The van der Waals surface area contributed by atoms with E-state index in [-0.39, 0.29) is 11.9 Å². The summed E-state index contributed by atoms with van der Waals surface area (Å²) in [6.07, 6.45) is 1.53. The maximum atomic E-state index is 5.96. The highest BCUT2D eigenvalue weighted by molar-refractivity contribution is 6.40. The first-order chi connectivity index (χ1) is 10.7. The molecule has 0 bridgehead atoms. The molecule has 0 atom stereocenters. The van der Waals surface area contributed by atoms with Crippen molar-refractivity contribution < 1.29 is 9.47 Å². The molecule has 2 aromatic carbocycles. The third kappa shape index (κ3) is 3.53. The molecule has 0 aliphatic carbocycles. The van der Waals surface area contributed by atoms with E-state index >= 15 is 0 Å². The summed E-state index contributed by atoms with van der Waals surface area (Å²) >= 11 is 11.7. The van der Waals surface area contributed by atoms with Crippen molar-refractivity contribution in [2.24, 2.45) is 0 Å². The van der Waals surface area contributed by atoms with Gasteiger partial charge in [-0.3, -0.25) is 4.57 Å². The smallest absolute Gasteiger partial charge is 0.167 e. The summed E-state index contributed by atoms with van der Waals surface area (Å²) in [4.78, 5) is 3.89. The van der Waals surface area contributed by atoms with Crippen LogP contribution in [0.3, 0.4) is 0 Å². The minimum Gasteiger partial charge on any atom is -0.473 e. The molecule has 0 unspecified atom stereocenters. The summed E-state index contributed by atoms with van der Waals surface area (Å²) in [7, 11) is 0. The highest BCUT2D eigenvalue weighted by atomic mass is 35.5. The van der Waals surface area contributed by atoms with Crippen LogP contribution in [0.4, 0.5) is 0 Å². The number of hydrogen-bond donors (Lipinski definition) is 0. The molecule has 1 aromatic heterocycles. The van der Waals surface area contributed by atoms with Gasteiger partial charge in [-0.15, -0.1) is 0 Å². The SMILES string of the molecule is Clc1ncn(COc2ccc(Oc3ccccc3)cc2)c1Cl. The van der Waals surface area contributed by atoms with Gasteiger partial charge in [0.15, 0.2) is 17.0 Å². The first-order valence-electron chi connectivity index (χ1n) is 6.54. The van der Waals surface area contributed by atoms with Crippen molar-refractivity contribution in [3.05, 3.63) is 71.2 Å². The van der Waals surface area contributed by atoms with Gasteiger partial charge in [0.1, 0.15) is 23.6 Å². The lowest BCUT2D eigenvalue weighted by Gasteiger charge is -2.09. The number of imidazole rings is 1. The Morgan fingerprint density at radius 2 is 1.50 bits per heavy atom. The van der Waals surface area contributed by atoms with E-state index in [2.05, 4.69) is 4.98 Å². The molecule has 0 amide bonds. The third-order valence-electron chi connectivity index (χ3n) is 2.91. The molecule has 0 saturated heterocycles. The highest BCUT2D eigenvalue weighted by Crippen LogP contribution is 2.24. The quantitative estimate of drug-likeness (QED) is 0.657. The zero-order valence-electron chi connectivity index (χ0n) is 11.4. The topological polar surface area (TPSA) is 36.3 Å². The molecule has 6 heteroatoms. The molecule has 4 nitrogen and oxygen atoms in total. The first-order valence-corrected chi connectivity index (χ1v) is 7.30. The van der Waals surface area contributed by atoms with Crippen LogP contribution in [-0.2, 0) is 6.73 Å². The van der Waals surface area contributed by atoms with Crippen molar-refractivity contribution in [1.82, 2.24) is 9.55 Å². The van der Waals surface area contributed by atoms with Crippen LogP contribution in [0.5, 0.6) is 17.2 Å². The number of benzene rings is 2. The Kier molecular flexibility index (Phi) is 4.51. The van der Waals surface area contributed by atoms with Gasteiger partial charge in [-0.1, -0.05) is 41.4 Å². The maximum Gasteiger partial charge on any atom is 0.167 e. The number of rotatable bonds is 5. The van der Waals surface area contributed by atoms with Crippen molar-refractivity contribution in [3.63, 3.8) is 0 Å². The fraction of sp³-hybridized carbons (Fsp3) is 0.0625. The second-order valence-electron chi connectivity index (χ2n) is 4.46. The number of nitrogens with zero attached hydrogens (tertiary/aromatic N) is 2. The Balaban J connectivity index is 1.61. The van der Waals surface area contributed by atoms with Gasteiger partial charge in [0.25, 0.3) is 0 Å². The monoisotopic (exact) mass is 334 g/mol. The maximum absolute atomic E-state index is 5.96. The highest BCUT2D eigenvalue weighted by Gasteiger charge is 2.06. The molecule has 3 rings (SSSR count). The van der Waals surface area contributed by atoms with Gasteiger partial charge in [-0.25, -0.2) is 4.98 Å². The number of halogens is 2. The predicted octanol–water partition coefficient (Wildman–Crippen LogP) is 5.02. The fourth-order valence-corrected chi connectivity index (χ4v) is 2.10. The second-order valence-corrected chi connectivity index (χ2v) is 5.17. The van der Waals surface area contributed by atoms with E-state index in [4.69, 9.17) is 32.7 Å². The zero-order chi connectivity index (χ0) is 15.4. The van der Waals surface area contributed by atoms with Crippen LogP contribution in [0.2, 0.25) is 10.3 Å². The van der Waals surface area contributed by atoms with Crippen molar-refractivity contribution in [2.75, 3.05) is 0 Å². The average molecular weight is 335 g/mol. The zero-order valence-corrected chi connectivity index (χ0v) is 13.0. The molecule has 1 heterocycles. The summed E-state index contributed by atoms with van der Waals surface area (Å²) < 4.78 is 12.9. The van der Waals surface area contributed by atoms with Gasteiger partial charge < -0.3 is 9.47 Å². The van der Waals surface area contributed by atoms with E-state index in [0.717, 1.165) is 11.5 Å². The van der Waals surface area contributed by atoms with Gasteiger partial charge in [0.2, 0.25) is 0 Å². The van der Waals surface area contributed by atoms with Crippen LogP contribution in [0.15, 0.2) is 60.9 Å². The molecule has 0 aliphatic heterocycles. The number of ether oxygens (including phenoxy) is 2. The van der Waals surface area contributed by atoms with Crippen molar-refractivity contribution in [2.45, 2.75) is 6.73 Å². The second kappa shape index (κ2) is 6.73. The van der Waals surface area contributed by atoms with Crippen LogP contribution in [0, 0.1) is 0 Å². The summed E-state index contributed by atoms with van der Waals surface area (Å²) in [5.41, 5.74) is 0. The van der Waals surface area contributed by atoms with Gasteiger partial charge >= 0.3 is 0 Å². The largest absolute Gasteiger partial charge is 0.473 e. The Morgan fingerprint density at radius 1 is 0.864 bits per heavy atom. The Morgan fingerprint density at radius 3 is 2.14 bits per heavy atom. The van der Waals surface area contributed by atoms with E-state index in [9.17, 15) is 0 Å². The Hall–Kier alpha value is -2.17. The average Bonchev–Trinajstić information content (AvgIpc) is 2.87. The van der Waals surface area contributed by atoms with Gasteiger partial charge in [-0.05, 0) is 36.4 Å². The van der Waals surface area contributed by atoms with Crippen molar-refractivity contribution in [1.29, 1.82) is 0 Å². The van der Waals surface area contributed by atoms with Crippen LogP contribution >= 0.6 is 23.2 Å². The van der Waals surface area contributed by atoms with Crippen molar-refractivity contribution >= 4 is 23.2 Å². The molecule has 3 aromatic rings. The first kappa shape index (κ1) is 14.8. The van der Waals surface area contributed by atoms with E-state index in [1.165, 1.54) is 6.33 Å². The predicted molar refractivity (Wildman–Crippen MR) is 85.8 cm³/mol. The van der Waals surface area contributed by atoms with Crippen LogP contribution in [0.1, 0.15) is 0 Å². The molecule has 22 heavy (non-hydrogen) atoms. The molecule has 0 N–H and O–H groups in total. The molecule has 0 radical (unpaired) electrons. The normalized spacial score (nSPS) is 10.5. The molecular weight excluding hydrogens is 323 g/mol. The lowest BCUT2D eigenvalue weighted by Crippen LogP contribution is -2.03. The van der Waals surface area contributed by atoms with E-state index < -0.39 is 0 Å². The summed E-state index contributed by atoms with van der Waals surface area (Å²) in [5.74, 6) is 2.22. The summed E-state index contributed by atoms with van der Waals surface area (Å²) in [6, 6.07) is 16.9. The molecule has 0 aliphatic rings. The van der Waals surface area contributed by atoms with Gasteiger partial charge in [-0.2, -0.15) is 0 Å². The standard InChI is InChI=1S/C16H12Cl2N2O2/c17-15-16(18)20(10-19-15)11-21-12-6-8-14(9-7-12)22-13-4-2-1-3-5-13/h1-10H,11H2. The van der Waals surface area contributed by atoms with Crippen LogP contribution in [0.25, 0.3) is 0 Å². The number of hydrogen-bond acceptors (Lipinski definition) is 3. The van der Waals surface area contributed by atoms with Crippen LogP contribution < -0.4 is 9.47 Å². The lowest BCUT2D eigenvalue weighted by atomic mass is 10.3. The summed E-state index contributed by atoms with van der Waals surface area (Å²) in [6.45, 7) is 0.234. The molecule has 0 saturated carbocycles. The number of aromatic nitrogens is 2. The molecule has 112 valence electrons. The lowest BCUT2D eigenvalue weighted by molar-refractivity contribution is 0.236. The molecule has 0 fully saturated rings. The minimum atomic E-state index is 0.234. The van der Waals surface area contributed by atoms with Crippen LogP contribution in [-0.4, -0.2) is 9.55 Å². The Bertz CT molecular complexity index is 743. The van der Waals surface area contributed by atoms with Gasteiger partial charge in [0.05, 0.1) is 0 Å². The fourth-order valence-electron chi connectivity index (χ4n) is 1.81. The van der Waals surface area contributed by atoms with E-state index in [0.29, 0.717) is 10.9 Å². The van der Waals surface area contributed by atoms with Crippen molar-refractivity contribution in [3.8, 4) is 17.2 Å². The minimum absolute atomic E-state index is 0.234. The molecule has 0 spiro atoms. The number of para-hydroxylation sites is 1. The summed E-state index contributed by atoms with van der Waals surface area (Å²) in [5, 5.41) is 0.613. The van der Waals surface area contributed by atoms with E-state index in [1.54, 1.807) is 4.57 Å². The Labute approximate surface area is 137 Å². The molecular formula is C16H12Cl2N2O2. The van der Waals surface area contributed by atoms with E-state index in [1.807, 2.05) is 54.6 Å². The van der Waals surface area contributed by atoms with Gasteiger partial charge in [0, 0.05) is 0 Å².